The highest BCUT2D eigenvalue weighted by molar-refractivity contribution is 5.63. The molecule has 4 aromatic rings. The smallest absolute Gasteiger partial charge is 0.304 e. The van der Waals surface area contributed by atoms with Crippen LogP contribution in [-0.4, -0.2) is 14.9 Å². The zero-order chi connectivity index (χ0) is 19.5. The van der Waals surface area contributed by atoms with E-state index < -0.39 is 5.56 Å². The fraction of sp³-hybridized carbons (Fsp3) is 0.0435. The van der Waals surface area contributed by atoms with Crippen molar-refractivity contribution in [2.75, 3.05) is 0 Å². The van der Waals surface area contributed by atoms with Crippen LogP contribution in [0.15, 0.2) is 89.9 Å². The topological polar surface area (TPSA) is 55.1 Å². The van der Waals surface area contributed by atoms with Crippen molar-refractivity contribution in [2.45, 2.75) is 6.42 Å². The molecule has 1 aromatic heterocycles. The third kappa shape index (κ3) is 3.69. The number of nitrogens with zero attached hydrogens (tertiary/aromatic N) is 2. The zero-order valence-corrected chi connectivity index (χ0v) is 14.9. The average molecular weight is 372 g/mol. The molecule has 5 heteroatoms. The van der Waals surface area contributed by atoms with Gasteiger partial charge in [0.05, 0.1) is 11.9 Å². The summed E-state index contributed by atoms with van der Waals surface area (Å²) in [4.78, 5) is 16.7. The van der Waals surface area contributed by atoms with Crippen molar-refractivity contribution >= 4 is 0 Å². The Morgan fingerprint density at radius 3 is 2.11 bits per heavy atom. The number of benzene rings is 3. The second-order valence-corrected chi connectivity index (χ2v) is 6.47. The molecule has 0 saturated heterocycles. The summed E-state index contributed by atoms with van der Waals surface area (Å²) in [6, 6.07) is 23.6. The van der Waals surface area contributed by atoms with Crippen molar-refractivity contribution in [1.29, 1.82) is 0 Å². The monoisotopic (exact) mass is 372 g/mol. The standard InChI is InChI=1S/C23H17FN2O2/c24-20-12-10-19(11-13-20)22-15-26(28)23(27)21(25-22)14-16-6-8-18(9-7-16)17-4-2-1-3-5-17/h1-13,15,28H,14H2. The number of halogens is 1. The minimum absolute atomic E-state index is 0.219. The molecule has 0 bridgehead atoms. The molecule has 3 aromatic carbocycles. The van der Waals surface area contributed by atoms with Crippen LogP contribution in [0, 0.1) is 5.82 Å². The van der Waals surface area contributed by atoms with Gasteiger partial charge >= 0.3 is 5.56 Å². The van der Waals surface area contributed by atoms with E-state index in [0.29, 0.717) is 16.0 Å². The SMILES string of the molecule is O=c1c(Cc2ccc(-c3ccccc3)cc2)nc(-c2ccc(F)cc2)cn1O. The van der Waals surface area contributed by atoms with Gasteiger partial charge in [0.1, 0.15) is 11.5 Å². The molecule has 0 fully saturated rings. The predicted octanol–water partition coefficient (Wildman–Crippen LogP) is 4.54. The first kappa shape index (κ1) is 17.7. The molecular formula is C23H17FN2O2. The van der Waals surface area contributed by atoms with E-state index >= 15 is 0 Å². The molecule has 0 unspecified atom stereocenters. The van der Waals surface area contributed by atoms with Crippen molar-refractivity contribution in [1.82, 2.24) is 9.71 Å². The van der Waals surface area contributed by atoms with Crippen molar-refractivity contribution < 1.29 is 9.60 Å². The Hall–Kier alpha value is -3.73. The van der Waals surface area contributed by atoms with E-state index in [-0.39, 0.29) is 17.9 Å². The predicted molar refractivity (Wildman–Crippen MR) is 106 cm³/mol. The van der Waals surface area contributed by atoms with Crippen LogP contribution < -0.4 is 5.56 Å². The van der Waals surface area contributed by atoms with Gasteiger partial charge in [-0.15, -0.1) is 0 Å². The summed E-state index contributed by atoms with van der Waals surface area (Å²) in [7, 11) is 0. The second-order valence-electron chi connectivity index (χ2n) is 6.47. The molecule has 0 radical (unpaired) electrons. The summed E-state index contributed by atoms with van der Waals surface area (Å²) < 4.78 is 13.7. The molecule has 28 heavy (non-hydrogen) atoms. The van der Waals surface area contributed by atoms with Gasteiger partial charge in [-0.2, -0.15) is 4.73 Å². The number of hydrogen-bond donors (Lipinski definition) is 1. The molecule has 0 atom stereocenters. The second kappa shape index (κ2) is 7.48. The van der Waals surface area contributed by atoms with E-state index in [4.69, 9.17) is 0 Å². The van der Waals surface area contributed by atoms with Gasteiger partial charge in [-0.05, 0) is 41.0 Å². The Balaban J connectivity index is 1.64. The Kier molecular flexibility index (Phi) is 4.72. The van der Waals surface area contributed by atoms with E-state index in [2.05, 4.69) is 4.98 Å². The molecule has 0 aliphatic rings. The van der Waals surface area contributed by atoms with E-state index in [1.54, 1.807) is 12.1 Å². The van der Waals surface area contributed by atoms with Crippen LogP contribution in [0.2, 0.25) is 0 Å². The molecule has 0 spiro atoms. The summed E-state index contributed by atoms with van der Waals surface area (Å²) in [6.07, 6.45) is 1.51. The lowest BCUT2D eigenvalue weighted by molar-refractivity contribution is 0.173. The molecule has 4 rings (SSSR count). The molecule has 1 N–H and O–H groups in total. The minimum atomic E-state index is -0.571. The van der Waals surface area contributed by atoms with Gasteiger partial charge in [-0.3, -0.25) is 4.79 Å². The van der Waals surface area contributed by atoms with E-state index in [1.807, 2.05) is 54.6 Å². The van der Waals surface area contributed by atoms with Crippen molar-refractivity contribution in [3.8, 4) is 22.4 Å². The molecule has 4 nitrogen and oxygen atoms in total. The largest absolute Gasteiger partial charge is 0.425 e. The summed E-state index contributed by atoms with van der Waals surface area (Å²) in [5.41, 5.74) is 3.76. The van der Waals surface area contributed by atoms with Crippen LogP contribution in [0.3, 0.4) is 0 Å². The van der Waals surface area contributed by atoms with E-state index in [0.717, 1.165) is 16.7 Å². The third-order valence-corrected chi connectivity index (χ3v) is 4.53. The van der Waals surface area contributed by atoms with Gasteiger partial charge < -0.3 is 5.21 Å². The lowest BCUT2D eigenvalue weighted by Crippen LogP contribution is -2.24. The van der Waals surface area contributed by atoms with Crippen LogP contribution in [0.25, 0.3) is 22.4 Å². The van der Waals surface area contributed by atoms with Crippen LogP contribution >= 0.6 is 0 Å². The zero-order valence-electron chi connectivity index (χ0n) is 14.9. The maximum atomic E-state index is 13.1. The van der Waals surface area contributed by atoms with Crippen LogP contribution in [0.4, 0.5) is 4.39 Å². The van der Waals surface area contributed by atoms with Crippen molar-refractivity contribution in [3.63, 3.8) is 0 Å². The summed E-state index contributed by atoms with van der Waals surface area (Å²) >= 11 is 0. The lowest BCUT2D eigenvalue weighted by Gasteiger charge is -2.08. The van der Waals surface area contributed by atoms with Crippen LogP contribution in [0.5, 0.6) is 0 Å². The van der Waals surface area contributed by atoms with Gasteiger partial charge in [0.15, 0.2) is 0 Å². The first-order valence-corrected chi connectivity index (χ1v) is 8.82. The summed E-state index contributed by atoms with van der Waals surface area (Å²) in [6.45, 7) is 0. The quantitative estimate of drug-likeness (QED) is 0.535. The first-order chi connectivity index (χ1) is 13.6. The number of hydrogen-bond acceptors (Lipinski definition) is 3. The normalized spacial score (nSPS) is 10.8. The highest BCUT2D eigenvalue weighted by atomic mass is 19.1. The first-order valence-electron chi connectivity index (χ1n) is 8.82. The Bertz CT molecular complexity index is 1150. The lowest BCUT2D eigenvalue weighted by atomic mass is 10.0. The number of aromatic nitrogens is 2. The average Bonchev–Trinajstić information content (AvgIpc) is 2.73. The maximum absolute atomic E-state index is 13.1. The number of rotatable bonds is 4. The third-order valence-electron chi connectivity index (χ3n) is 4.53. The highest BCUT2D eigenvalue weighted by Crippen LogP contribution is 2.21. The van der Waals surface area contributed by atoms with Gasteiger partial charge in [-0.25, -0.2) is 9.37 Å². The molecular weight excluding hydrogens is 355 g/mol. The van der Waals surface area contributed by atoms with Gasteiger partial charge in [-0.1, -0.05) is 54.6 Å². The van der Waals surface area contributed by atoms with Crippen molar-refractivity contribution in [2.24, 2.45) is 0 Å². The Morgan fingerprint density at radius 1 is 0.821 bits per heavy atom. The maximum Gasteiger partial charge on any atom is 0.304 e. The molecule has 1 heterocycles. The minimum Gasteiger partial charge on any atom is -0.425 e. The van der Waals surface area contributed by atoms with Gasteiger partial charge in [0, 0.05) is 12.0 Å². The van der Waals surface area contributed by atoms with Crippen LogP contribution in [-0.2, 0) is 6.42 Å². The van der Waals surface area contributed by atoms with Crippen molar-refractivity contribution in [3.05, 3.63) is 112 Å². The van der Waals surface area contributed by atoms with Gasteiger partial charge in [0.2, 0.25) is 0 Å². The fourth-order valence-electron chi connectivity index (χ4n) is 3.04. The molecule has 0 saturated carbocycles. The Labute approximate surface area is 161 Å². The Morgan fingerprint density at radius 2 is 1.43 bits per heavy atom. The summed E-state index contributed by atoms with van der Waals surface area (Å²) in [5, 5.41) is 9.96. The van der Waals surface area contributed by atoms with E-state index in [1.165, 1.54) is 18.3 Å². The molecule has 0 aliphatic carbocycles. The molecule has 138 valence electrons. The van der Waals surface area contributed by atoms with Gasteiger partial charge in [0.25, 0.3) is 0 Å². The molecule has 0 amide bonds. The molecule has 0 aliphatic heterocycles. The summed E-state index contributed by atoms with van der Waals surface area (Å²) in [5.74, 6) is -0.361. The van der Waals surface area contributed by atoms with Crippen LogP contribution in [0.1, 0.15) is 11.3 Å². The van der Waals surface area contributed by atoms with E-state index in [9.17, 15) is 14.4 Å². The fourth-order valence-corrected chi connectivity index (χ4v) is 3.04. The highest BCUT2D eigenvalue weighted by Gasteiger charge is 2.11.